The van der Waals surface area contributed by atoms with E-state index in [1.807, 2.05) is 0 Å². The van der Waals surface area contributed by atoms with Crippen LogP contribution in [-0.2, 0) is 9.53 Å². The number of ketones is 1. The second-order valence-corrected chi connectivity index (χ2v) is 7.98. The molecule has 170 valence electrons. The third-order valence-electron chi connectivity index (χ3n) is 4.55. The summed E-state index contributed by atoms with van der Waals surface area (Å²) in [6.07, 6.45) is 0.973. The van der Waals surface area contributed by atoms with Gasteiger partial charge in [-0.25, -0.2) is 9.59 Å². The topological polar surface area (TPSA) is 102 Å². The summed E-state index contributed by atoms with van der Waals surface area (Å²) in [6.45, 7) is 1.82. The number of ether oxygens (including phenoxy) is 2. The normalized spacial score (nSPS) is 11.1. The Kier molecular flexibility index (Phi) is 7.87. The summed E-state index contributed by atoms with van der Waals surface area (Å²) in [6, 6.07) is 13.1. The number of halogens is 1. The summed E-state index contributed by atoms with van der Waals surface area (Å²) in [7, 11) is 1.50. The van der Waals surface area contributed by atoms with Crippen LogP contribution >= 0.6 is 22.9 Å². The highest BCUT2D eigenvalue weighted by molar-refractivity contribution is 7.15. The molecule has 2 aromatic carbocycles. The molecule has 9 heteroatoms. The van der Waals surface area contributed by atoms with Crippen molar-refractivity contribution in [2.75, 3.05) is 19.0 Å². The van der Waals surface area contributed by atoms with Gasteiger partial charge in [0, 0.05) is 27.6 Å². The standard InChI is InChI=1S/C24H20ClNO6S/c1-3-32-24(30)21-18(14-4-8-16(25)9-5-14)13-33-22(21)26-19(23(28)29)12-20(27)15-6-10-17(31-2)11-7-15/h4-13,26H,3H2,1-2H3,(H,28,29). The zero-order valence-electron chi connectivity index (χ0n) is 17.8. The first-order chi connectivity index (χ1) is 15.8. The molecule has 0 fully saturated rings. The minimum absolute atomic E-state index is 0.145. The largest absolute Gasteiger partial charge is 0.497 e. The van der Waals surface area contributed by atoms with Gasteiger partial charge in [-0.2, -0.15) is 0 Å². The van der Waals surface area contributed by atoms with Crippen LogP contribution in [0.3, 0.4) is 0 Å². The predicted octanol–water partition coefficient (Wildman–Crippen LogP) is 5.52. The highest BCUT2D eigenvalue weighted by Crippen LogP contribution is 2.37. The van der Waals surface area contributed by atoms with Gasteiger partial charge in [0.05, 0.1) is 13.7 Å². The number of carboxylic acid groups (broad SMARTS) is 1. The molecule has 0 saturated heterocycles. The van der Waals surface area contributed by atoms with Gasteiger partial charge < -0.3 is 19.9 Å². The molecule has 1 aromatic heterocycles. The van der Waals surface area contributed by atoms with Crippen molar-refractivity contribution < 1.29 is 29.0 Å². The van der Waals surface area contributed by atoms with E-state index in [9.17, 15) is 19.5 Å². The van der Waals surface area contributed by atoms with E-state index < -0.39 is 17.7 Å². The fourth-order valence-corrected chi connectivity index (χ4v) is 4.04. The van der Waals surface area contributed by atoms with E-state index >= 15 is 0 Å². The van der Waals surface area contributed by atoms with E-state index in [1.165, 1.54) is 19.2 Å². The number of carbonyl (C=O) groups excluding carboxylic acids is 2. The Labute approximate surface area is 199 Å². The van der Waals surface area contributed by atoms with Crippen molar-refractivity contribution in [3.05, 3.63) is 81.8 Å². The first kappa shape index (κ1) is 24.0. The highest BCUT2D eigenvalue weighted by Gasteiger charge is 2.24. The van der Waals surface area contributed by atoms with Gasteiger partial charge in [-0.05, 0) is 48.9 Å². The van der Waals surface area contributed by atoms with Gasteiger partial charge in [0.2, 0.25) is 0 Å². The number of hydrogen-bond donors (Lipinski definition) is 2. The minimum atomic E-state index is -1.35. The van der Waals surface area contributed by atoms with Gasteiger partial charge in [-0.1, -0.05) is 23.7 Å². The quantitative estimate of drug-likeness (QED) is 0.234. The fraction of sp³-hybridized carbons (Fsp3) is 0.125. The molecular formula is C24H20ClNO6S. The lowest BCUT2D eigenvalue weighted by Crippen LogP contribution is -2.15. The second kappa shape index (κ2) is 10.8. The van der Waals surface area contributed by atoms with Crippen LogP contribution in [0.25, 0.3) is 11.1 Å². The van der Waals surface area contributed by atoms with Crippen molar-refractivity contribution in [1.82, 2.24) is 0 Å². The number of thiophene rings is 1. The monoisotopic (exact) mass is 485 g/mol. The predicted molar refractivity (Wildman–Crippen MR) is 127 cm³/mol. The third-order valence-corrected chi connectivity index (χ3v) is 5.70. The van der Waals surface area contributed by atoms with Crippen LogP contribution in [0.4, 0.5) is 5.00 Å². The fourth-order valence-electron chi connectivity index (χ4n) is 2.94. The number of benzene rings is 2. The van der Waals surface area contributed by atoms with Crippen molar-refractivity contribution in [2.45, 2.75) is 6.92 Å². The molecule has 0 aliphatic rings. The number of carbonyl (C=O) groups is 3. The van der Waals surface area contributed by atoms with Crippen molar-refractivity contribution in [1.29, 1.82) is 0 Å². The Balaban J connectivity index is 1.98. The molecule has 0 unspecified atom stereocenters. The van der Waals surface area contributed by atoms with Gasteiger partial charge in [-0.3, -0.25) is 4.79 Å². The summed E-state index contributed by atoms with van der Waals surface area (Å²) < 4.78 is 10.2. The van der Waals surface area contributed by atoms with E-state index in [2.05, 4.69) is 5.32 Å². The van der Waals surface area contributed by atoms with Crippen molar-refractivity contribution in [2.24, 2.45) is 0 Å². The number of anilines is 1. The second-order valence-electron chi connectivity index (χ2n) is 6.66. The average molecular weight is 486 g/mol. The SMILES string of the molecule is CCOC(=O)c1c(-c2ccc(Cl)cc2)csc1NC(=CC(=O)c1ccc(OC)cc1)C(=O)O. The average Bonchev–Trinajstić information content (AvgIpc) is 3.22. The Morgan fingerprint density at radius 2 is 1.76 bits per heavy atom. The molecular weight excluding hydrogens is 466 g/mol. The van der Waals surface area contributed by atoms with Gasteiger partial charge in [-0.15, -0.1) is 11.3 Å². The number of nitrogens with one attached hydrogen (secondary N) is 1. The number of rotatable bonds is 9. The van der Waals surface area contributed by atoms with Crippen molar-refractivity contribution in [3.8, 4) is 16.9 Å². The summed E-state index contributed by atoms with van der Waals surface area (Å²) in [5.74, 6) is -1.92. The zero-order chi connectivity index (χ0) is 24.0. The number of carboxylic acids is 1. The smallest absolute Gasteiger partial charge is 0.352 e. The Morgan fingerprint density at radius 1 is 1.09 bits per heavy atom. The van der Waals surface area contributed by atoms with E-state index in [0.717, 1.165) is 17.4 Å². The number of methoxy groups -OCH3 is 1. The van der Waals surface area contributed by atoms with Gasteiger partial charge in [0.1, 0.15) is 22.0 Å². The van der Waals surface area contributed by atoms with Crippen LogP contribution in [0.2, 0.25) is 5.02 Å². The van der Waals surface area contributed by atoms with E-state index in [4.69, 9.17) is 21.1 Å². The van der Waals surface area contributed by atoms with Crippen molar-refractivity contribution >= 4 is 45.7 Å². The lowest BCUT2D eigenvalue weighted by Gasteiger charge is -2.10. The van der Waals surface area contributed by atoms with Crippen LogP contribution in [-0.4, -0.2) is 36.5 Å². The molecule has 0 saturated carbocycles. The van der Waals surface area contributed by atoms with Crippen LogP contribution in [0.15, 0.2) is 65.7 Å². The maximum Gasteiger partial charge on any atom is 0.352 e. The first-order valence-corrected chi connectivity index (χ1v) is 11.0. The Hall–Kier alpha value is -3.62. The molecule has 0 spiro atoms. The first-order valence-electron chi connectivity index (χ1n) is 9.79. The summed E-state index contributed by atoms with van der Waals surface area (Å²) in [4.78, 5) is 37.2. The molecule has 3 aromatic rings. The molecule has 0 radical (unpaired) electrons. The van der Waals surface area contributed by atoms with Crippen LogP contribution in [0.5, 0.6) is 5.75 Å². The summed E-state index contributed by atoms with van der Waals surface area (Å²) in [5, 5.41) is 14.9. The van der Waals surface area contributed by atoms with E-state index in [0.29, 0.717) is 21.9 Å². The molecule has 1 heterocycles. The molecule has 0 bridgehead atoms. The molecule has 2 N–H and O–H groups in total. The third kappa shape index (κ3) is 5.79. The van der Waals surface area contributed by atoms with Gasteiger partial charge in [0.15, 0.2) is 5.78 Å². The molecule has 0 aliphatic carbocycles. The summed E-state index contributed by atoms with van der Waals surface area (Å²) in [5.41, 5.74) is 1.35. The molecule has 7 nitrogen and oxygen atoms in total. The highest BCUT2D eigenvalue weighted by atomic mass is 35.5. The van der Waals surface area contributed by atoms with Crippen LogP contribution < -0.4 is 10.1 Å². The lowest BCUT2D eigenvalue weighted by molar-refractivity contribution is -0.132. The van der Waals surface area contributed by atoms with Gasteiger partial charge >= 0.3 is 11.9 Å². The maximum atomic E-state index is 12.7. The maximum absolute atomic E-state index is 12.7. The molecule has 3 rings (SSSR count). The number of allylic oxidation sites excluding steroid dienone is 1. The minimum Gasteiger partial charge on any atom is -0.497 e. The number of esters is 1. The van der Waals surface area contributed by atoms with Crippen LogP contribution in [0.1, 0.15) is 27.6 Å². The number of aliphatic carboxylic acids is 1. The molecule has 33 heavy (non-hydrogen) atoms. The van der Waals surface area contributed by atoms with Crippen LogP contribution in [0, 0.1) is 0 Å². The van der Waals surface area contributed by atoms with E-state index in [1.54, 1.807) is 48.7 Å². The Bertz CT molecular complexity index is 1200. The zero-order valence-corrected chi connectivity index (χ0v) is 19.3. The molecule has 0 amide bonds. The van der Waals surface area contributed by atoms with Crippen molar-refractivity contribution in [3.63, 3.8) is 0 Å². The Morgan fingerprint density at radius 3 is 2.33 bits per heavy atom. The van der Waals surface area contributed by atoms with E-state index in [-0.39, 0.29) is 28.4 Å². The molecule has 0 aliphatic heterocycles. The molecule has 0 atom stereocenters. The van der Waals surface area contributed by atoms with Gasteiger partial charge in [0.25, 0.3) is 0 Å². The number of hydrogen-bond acceptors (Lipinski definition) is 7. The summed E-state index contributed by atoms with van der Waals surface area (Å²) >= 11 is 7.09. The lowest BCUT2D eigenvalue weighted by atomic mass is 10.0.